The molecule has 1 aromatic carbocycles. The zero-order valence-corrected chi connectivity index (χ0v) is 14.4. The van der Waals surface area contributed by atoms with E-state index in [1.54, 1.807) is 4.52 Å². The first-order valence-electron chi connectivity index (χ1n) is 8.83. The molecule has 1 aliphatic rings. The molecule has 2 heterocycles. The number of rotatable bonds is 3. The zero-order valence-electron chi connectivity index (χ0n) is 14.4. The predicted octanol–water partition coefficient (Wildman–Crippen LogP) is 3.35. The Morgan fingerprint density at radius 3 is 2.56 bits per heavy atom. The van der Waals surface area contributed by atoms with Gasteiger partial charge in [-0.3, -0.25) is 0 Å². The number of nitrogens with one attached hydrogen (secondary N) is 1. The average Bonchev–Trinajstić information content (AvgIpc) is 3.01. The molecule has 1 fully saturated rings. The van der Waals surface area contributed by atoms with E-state index in [1.165, 1.54) is 5.56 Å². The van der Waals surface area contributed by atoms with E-state index in [4.69, 9.17) is 16.5 Å². The number of nitrogens with two attached hydrogens (primary N) is 2. The summed E-state index contributed by atoms with van der Waals surface area (Å²) in [4.78, 5) is 4.86. The van der Waals surface area contributed by atoms with Gasteiger partial charge < -0.3 is 16.8 Å². The highest BCUT2D eigenvalue weighted by molar-refractivity contribution is 5.75. The first-order chi connectivity index (χ1) is 12.1. The van der Waals surface area contributed by atoms with Gasteiger partial charge in [-0.05, 0) is 44.7 Å². The minimum Gasteiger partial charge on any atom is -0.382 e. The second kappa shape index (κ2) is 6.37. The molecule has 0 aliphatic heterocycles. The summed E-state index contributed by atoms with van der Waals surface area (Å²) >= 11 is 0. The Morgan fingerprint density at radius 2 is 1.84 bits per heavy atom. The van der Waals surface area contributed by atoms with Gasteiger partial charge in [-0.15, -0.1) is 5.10 Å². The lowest BCUT2D eigenvalue weighted by atomic mass is 9.85. The van der Waals surface area contributed by atoms with Crippen molar-refractivity contribution in [1.29, 1.82) is 0 Å². The van der Waals surface area contributed by atoms with E-state index in [0.29, 0.717) is 17.8 Å². The molecule has 0 bridgehead atoms. The summed E-state index contributed by atoms with van der Waals surface area (Å²) in [5.74, 6) is 0.923. The first kappa shape index (κ1) is 15.9. The highest BCUT2D eigenvalue weighted by atomic mass is 15.3. The monoisotopic (exact) mass is 336 g/mol. The Bertz CT molecular complexity index is 875. The number of anilines is 3. The van der Waals surface area contributed by atoms with Crippen LogP contribution in [0.3, 0.4) is 0 Å². The minimum atomic E-state index is 0.334. The Labute approximate surface area is 147 Å². The van der Waals surface area contributed by atoms with Crippen LogP contribution in [0.5, 0.6) is 0 Å². The van der Waals surface area contributed by atoms with E-state index >= 15 is 0 Å². The standard InChI is InChI=1S/C19H24N6/c1-12-2-8-15(9-3-12)22-16-10-18(21)24-25-11-17(23-19(16)25)13-4-6-14(20)7-5-13/h2-3,8-11,13-14,22H,4-7,20H2,1H3,(H2,21,24). The van der Waals surface area contributed by atoms with E-state index in [2.05, 4.69) is 41.6 Å². The van der Waals surface area contributed by atoms with Crippen LogP contribution in [-0.2, 0) is 0 Å². The molecule has 6 heteroatoms. The Balaban J connectivity index is 1.68. The Kier molecular flexibility index (Phi) is 4.05. The summed E-state index contributed by atoms with van der Waals surface area (Å²) in [5, 5.41) is 7.80. The van der Waals surface area contributed by atoms with Crippen LogP contribution in [0.1, 0.15) is 42.9 Å². The maximum atomic E-state index is 6.03. The lowest BCUT2D eigenvalue weighted by Gasteiger charge is -2.24. The van der Waals surface area contributed by atoms with Gasteiger partial charge in [0, 0.05) is 23.7 Å². The van der Waals surface area contributed by atoms with E-state index < -0.39 is 0 Å². The van der Waals surface area contributed by atoms with Crippen LogP contribution in [0.2, 0.25) is 0 Å². The van der Waals surface area contributed by atoms with Crippen molar-refractivity contribution in [3.05, 3.63) is 47.8 Å². The number of imidazole rings is 1. The second-order valence-electron chi connectivity index (χ2n) is 7.02. The van der Waals surface area contributed by atoms with E-state index in [9.17, 15) is 0 Å². The van der Waals surface area contributed by atoms with Crippen molar-refractivity contribution >= 4 is 22.8 Å². The molecule has 1 aliphatic carbocycles. The van der Waals surface area contributed by atoms with Gasteiger partial charge in [-0.2, -0.15) is 0 Å². The normalized spacial score (nSPS) is 20.7. The quantitative estimate of drug-likeness (QED) is 0.682. The van der Waals surface area contributed by atoms with Gasteiger partial charge in [-0.25, -0.2) is 9.50 Å². The minimum absolute atomic E-state index is 0.334. The SMILES string of the molecule is Cc1ccc(Nc2cc(N)nn3cc(C4CCC(N)CC4)nc23)cc1. The molecule has 4 rings (SSSR count). The number of fused-ring (bicyclic) bond motifs is 1. The van der Waals surface area contributed by atoms with Crippen molar-refractivity contribution in [3.63, 3.8) is 0 Å². The molecule has 0 atom stereocenters. The highest BCUT2D eigenvalue weighted by Gasteiger charge is 2.23. The van der Waals surface area contributed by atoms with Crippen LogP contribution < -0.4 is 16.8 Å². The number of aryl methyl sites for hydroxylation is 1. The second-order valence-corrected chi connectivity index (χ2v) is 7.02. The van der Waals surface area contributed by atoms with E-state index in [0.717, 1.165) is 48.4 Å². The van der Waals surface area contributed by atoms with Gasteiger partial charge in [0.15, 0.2) is 5.65 Å². The molecule has 2 aromatic heterocycles. The van der Waals surface area contributed by atoms with Gasteiger partial charge in [0.1, 0.15) is 5.82 Å². The largest absolute Gasteiger partial charge is 0.382 e. The molecular formula is C19H24N6. The number of benzene rings is 1. The van der Waals surface area contributed by atoms with Gasteiger partial charge in [0.2, 0.25) is 0 Å². The molecule has 6 nitrogen and oxygen atoms in total. The van der Waals surface area contributed by atoms with Gasteiger partial charge in [0.05, 0.1) is 17.6 Å². The fourth-order valence-electron chi connectivity index (χ4n) is 3.51. The molecule has 0 spiro atoms. The molecule has 25 heavy (non-hydrogen) atoms. The molecule has 0 radical (unpaired) electrons. The van der Waals surface area contributed by atoms with Gasteiger partial charge in [-0.1, -0.05) is 17.7 Å². The number of nitrogens with zero attached hydrogens (tertiary/aromatic N) is 3. The van der Waals surface area contributed by atoms with Crippen molar-refractivity contribution in [2.45, 2.75) is 44.6 Å². The summed E-state index contributed by atoms with van der Waals surface area (Å²) in [7, 11) is 0. The van der Waals surface area contributed by atoms with Crippen molar-refractivity contribution in [1.82, 2.24) is 14.6 Å². The Hall–Kier alpha value is -2.60. The van der Waals surface area contributed by atoms with Gasteiger partial charge in [0.25, 0.3) is 0 Å². The lowest BCUT2D eigenvalue weighted by molar-refractivity contribution is 0.391. The third-order valence-corrected chi connectivity index (χ3v) is 4.98. The predicted molar refractivity (Wildman–Crippen MR) is 101 cm³/mol. The van der Waals surface area contributed by atoms with Crippen LogP contribution in [-0.4, -0.2) is 20.6 Å². The first-order valence-corrected chi connectivity index (χ1v) is 8.83. The van der Waals surface area contributed by atoms with Crippen LogP contribution in [0.25, 0.3) is 5.65 Å². The summed E-state index contributed by atoms with van der Waals surface area (Å²) in [6.07, 6.45) is 6.29. The van der Waals surface area contributed by atoms with Crippen LogP contribution in [0.15, 0.2) is 36.5 Å². The Morgan fingerprint density at radius 1 is 1.12 bits per heavy atom. The number of nitrogen functional groups attached to an aromatic ring is 1. The fourth-order valence-corrected chi connectivity index (χ4v) is 3.51. The number of hydrogen-bond donors (Lipinski definition) is 3. The topological polar surface area (TPSA) is 94.3 Å². The van der Waals surface area contributed by atoms with E-state index in [-0.39, 0.29) is 0 Å². The number of hydrogen-bond acceptors (Lipinski definition) is 5. The van der Waals surface area contributed by atoms with Crippen molar-refractivity contribution in [2.24, 2.45) is 5.73 Å². The van der Waals surface area contributed by atoms with Crippen LogP contribution in [0, 0.1) is 6.92 Å². The molecule has 0 unspecified atom stereocenters. The van der Waals surface area contributed by atoms with E-state index in [1.807, 2.05) is 12.3 Å². The highest BCUT2D eigenvalue weighted by Crippen LogP contribution is 2.33. The lowest BCUT2D eigenvalue weighted by Crippen LogP contribution is -2.25. The van der Waals surface area contributed by atoms with Gasteiger partial charge >= 0.3 is 0 Å². The van der Waals surface area contributed by atoms with Crippen LogP contribution >= 0.6 is 0 Å². The molecule has 130 valence electrons. The summed E-state index contributed by atoms with van der Waals surface area (Å²) < 4.78 is 1.79. The molecular weight excluding hydrogens is 312 g/mol. The maximum absolute atomic E-state index is 6.03. The number of aromatic nitrogens is 3. The molecule has 5 N–H and O–H groups in total. The molecule has 1 saturated carbocycles. The van der Waals surface area contributed by atoms with Crippen molar-refractivity contribution in [3.8, 4) is 0 Å². The summed E-state index contributed by atoms with van der Waals surface area (Å²) in [5.41, 5.74) is 17.0. The summed E-state index contributed by atoms with van der Waals surface area (Å²) in [6, 6.07) is 10.4. The third kappa shape index (κ3) is 3.30. The van der Waals surface area contributed by atoms with Crippen molar-refractivity contribution < 1.29 is 0 Å². The van der Waals surface area contributed by atoms with Crippen LogP contribution in [0.4, 0.5) is 17.2 Å². The zero-order chi connectivity index (χ0) is 17.4. The smallest absolute Gasteiger partial charge is 0.177 e. The molecule has 3 aromatic rings. The average molecular weight is 336 g/mol. The molecule has 0 saturated heterocycles. The fraction of sp³-hybridized carbons (Fsp3) is 0.368. The molecule has 0 amide bonds. The third-order valence-electron chi connectivity index (χ3n) is 4.98. The maximum Gasteiger partial charge on any atom is 0.177 e. The summed E-state index contributed by atoms with van der Waals surface area (Å²) in [6.45, 7) is 2.07. The van der Waals surface area contributed by atoms with Crippen molar-refractivity contribution in [2.75, 3.05) is 11.1 Å².